The Bertz CT molecular complexity index is 328. The van der Waals surface area contributed by atoms with E-state index in [1.807, 2.05) is 13.1 Å². The highest BCUT2D eigenvalue weighted by Crippen LogP contribution is 2.38. The van der Waals surface area contributed by atoms with Crippen LogP contribution in [0, 0.1) is 11.8 Å². The van der Waals surface area contributed by atoms with Gasteiger partial charge in [-0.25, -0.2) is 0 Å². The van der Waals surface area contributed by atoms with Crippen molar-refractivity contribution < 1.29 is 4.42 Å². The van der Waals surface area contributed by atoms with Gasteiger partial charge in [0.15, 0.2) is 5.22 Å². The largest absolute Gasteiger partial charge is 0.453 e. The average Bonchev–Trinajstić information content (AvgIpc) is 2.69. The van der Waals surface area contributed by atoms with Crippen molar-refractivity contribution in [1.29, 1.82) is 0 Å². The highest BCUT2D eigenvalue weighted by molar-refractivity contribution is 6.29. The molecule has 3 heteroatoms. The summed E-state index contributed by atoms with van der Waals surface area (Å²) in [5.74, 6) is 1.57. The fourth-order valence-corrected chi connectivity index (χ4v) is 3.02. The molecular weight excluding hydrogens is 222 g/mol. The number of halogens is 1. The van der Waals surface area contributed by atoms with Crippen LogP contribution in [0.15, 0.2) is 16.7 Å². The van der Waals surface area contributed by atoms with Crippen LogP contribution >= 0.6 is 11.6 Å². The maximum absolute atomic E-state index is 6.05. The lowest BCUT2D eigenvalue weighted by atomic mass is 9.78. The lowest BCUT2D eigenvalue weighted by Gasteiger charge is -2.32. The summed E-state index contributed by atoms with van der Waals surface area (Å²) >= 11 is 6.05. The van der Waals surface area contributed by atoms with Crippen LogP contribution < -0.4 is 5.32 Å². The van der Waals surface area contributed by atoms with Crippen LogP contribution in [-0.2, 0) is 0 Å². The molecule has 1 N–H and O–H groups in total. The molecule has 0 amide bonds. The zero-order valence-electron chi connectivity index (χ0n) is 10.0. The zero-order chi connectivity index (χ0) is 11.5. The van der Waals surface area contributed by atoms with Gasteiger partial charge in [0.05, 0.1) is 6.26 Å². The van der Waals surface area contributed by atoms with Crippen LogP contribution in [0.5, 0.6) is 0 Å². The molecule has 16 heavy (non-hydrogen) atoms. The molecule has 1 heterocycles. The van der Waals surface area contributed by atoms with Crippen LogP contribution in [0.25, 0.3) is 0 Å². The van der Waals surface area contributed by atoms with E-state index in [9.17, 15) is 0 Å². The van der Waals surface area contributed by atoms with Gasteiger partial charge < -0.3 is 9.73 Å². The van der Waals surface area contributed by atoms with Gasteiger partial charge in [-0.05, 0) is 49.4 Å². The number of hydrogen-bond donors (Lipinski definition) is 1. The molecule has 0 saturated heterocycles. The molecule has 1 unspecified atom stereocenters. The average molecular weight is 242 g/mol. The van der Waals surface area contributed by atoms with Gasteiger partial charge in [-0.3, -0.25) is 0 Å². The third-order valence-corrected chi connectivity index (χ3v) is 4.13. The summed E-state index contributed by atoms with van der Waals surface area (Å²) in [5, 5.41) is 3.93. The van der Waals surface area contributed by atoms with Gasteiger partial charge in [-0.15, -0.1) is 0 Å². The molecule has 1 saturated carbocycles. The predicted molar refractivity (Wildman–Crippen MR) is 66.6 cm³/mol. The van der Waals surface area contributed by atoms with Gasteiger partial charge in [0.1, 0.15) is 0 Å². The van der Waals surface area contributed by atoms with Gasteiger partial charge >= 0.3 is 0 Å². The van der Waals surface area contributed by atoms with E-state index in [1.165, 1.54) is 25.7 Å². The van der Waals surface area contributed by atoms with Crippen molar-refractivity contribution in [3.63, 3.8) is 0 Å². The molecule has 2 rings (SSSR count). The molecule has 1 aromatic rings. The van der Waals surface area contributed by atoms with Gasteiger partial charge in [-0.1, -0.05) is 19.8 Å². The summed E-state index contributed by atoms with van der Waals surface area (Å²) in [6.07, 6.45) is 6.91. The summed E-state index contributed by atoms with van der Waals surface area (Å²) in [5.41, 5.74) is 1.11. The van der Waals surface area contributed by atoms with E-state index in [0.717, 1.165) is 11.5 Å². The summed E-state index contributed by atoms with van der Waals surface area (Å²) in [6, 6.07) is 2.33. The number of furan rings is 1. The van der Waals surface area contributed by atoms with Crippen LogP contribution in [0.2, 0.25) is 5.22 Å². The predicted octanol–water partition coefficient (Wildman–Crippen LogP) is 4.02. The van der Waals surface area contributed by atoms with Crippen molar-refractivity contribution in [2.45, 2.75) is 38.6 Å². The molecule has 1 fully saturated rings. The second-order valence-corrected chi connectivity index (χ2v) is 5.28. The lowest BCUT2D eigenvalue weighted by Crippen LogP contribution is -2.28. The molecule has 0 aromatic carbocycles. The SMILES string of the molecule is CNC(c1ccoc1Cl)C1CCC(C)CC1. The Morgan fingerprint density at radius 2 is 2.06 bits per heavy atom. The Hall–Kier alpha value is -0.470. The second kappa shape index (κ2) is 5.24. The van der Waals surface area contributed by atoms with Crippen LogP contribution in [0.4, 0.5) is 0 Å². The Labute approximate surface area is 102 Å². The summed E-state index contributed by atoms with van der Waals surface area (Å²) < 4.78 is 5.18. The van der Waals surface area contributed by atoms with Gasteiger partial charge in [0.2, 0.25) is 0 Å². The number of rotatable bonds is 3. The smallest absolute Gasteiger partial charge is 0.197 e. The van der Waals surface area contributed by atoms with Gasteiger partial charge in [0.25, 0.3) is 0 Å². The van der Waals surface area contributed by atoms with E-state index in [4.69, 9.17) is 16.0 Å². The Morgan fingerprint density at radius 1 is 1.38 bits per heavy atom. The first-order valence-corrected chi connectivity index (χ1v) is 6.50. The van der Waals surface area contributed by atoms with E-state index < -0.39 is 0 Å². The van der Waals surface area contributed by atoms with Crippen molar-refractivity contribution in [1.82, 2.24) is 5.32 Å². The normalized spacial score (nSPS) is 27.9. The van der Waals surface area contributed by atoms with Crippen molar-refractivity contribution in [2.24, 2.45) is 11.8 Å². The molecule has 0 bridgehead atoms. The van der Waals surface area contributed by atoms with Crippen LogP contribution in [-0.4, -0.2) is 7.05 Å². The highest BCUT2D eigenvalue weighted by atomic mass is 35.5. The first-order valence-electron chi connectivity index (χ1n) is 6.12. The first-order chi connectivity index (χ1) is 7.72. The summed E-state index contributed by atoms with van der Waals surface area (Å²) in [7, 11) is 2.01. The topological polar surface area (TPSA) is 25.2 Å². The maximum Gasteiger partial charge on any atom is 0.197 e. The molecule has 0 aliphatic heterocycles. The molecule has 2 nitrogen and oxygen atoms in total. The number of hydrogen-bond acceptors (Lipinski definition) is 2. The summed E-state index contributed by atoms with van der Waals surface area (Å²) in [4.78, 5) is 0. The third kappa shape index (κ3) is 2.44. The molecule has 0 spiro atoms. The summed E-state index contributed by atoms with van der Waals surface area (Å²) in [6.45, 7) is 2.34. The fourth-order valence-electron chi connectivity index (χ4n) is 2.79. The van der Waals surface area contributed by atoms with E-state index >= 15 is 0 Å². The third-order valence-electron chi connectivity index (χ3n) is 3.82. The standard InChI is InChI=1S/C13H20ClNO/c1-9-3-5-10(6-4-9)12(15-2)11-7-8-16-13(11)14/h7-10,12,15H,3-6H2,1-2H3. The minimum atomic E-state index is 0.346. The minimum Gasteiger partial charge on any atom is -0.453 e. The fraction of sp³-hybridized carbons (Fsp3) is 0.692. The quantitative estimate of drug-likeness (QED) is 0.865. The molecule has 90 valence electrons. The van der Waals surface area contributed by atoms with Crippen molar-refractivity contribution in [3.05, 3.63) is 23.1 Å². The Morgan fingerprint density at radius 3 is 2.56 bits per heavy atom. The van der Waals surface area contributed by atoms with Crippen molar-refractivity contribution in [3.8, 4) is 0 Å². The van der Waals surface area contributed by atoms with Crippen molar-refractivity contribution in [2.75, 3.05) is 7.05 Å². The zero-order valence-corrected chi connectivity index (χ0v) is 10.8. The van der Waals surface area contributed by atoms with E-state index in [1.54, 1.807) is 6.26 Å². The van der Waals surface area contributed by atoms with Crippen LogP contribution in [0.3, 0.4) is 0 Å². The molecule has 1 atom stereocenters. The molecule has 1 aromatic heterocycles. The molecule has 1 aliphatic rings. The van der Waals surface area contributed by atoms with Gasteiger partial charge in [-0.2, -0.15) is 0 Å². The molecule has 1 aliphatic carbocycles. The monoisotopic (exact) mass is 241 g/mol. The molecule has 0 radical (unpaired) electrons. The minimum absolute atomic E-state index is 0.346. The first kappa shape index (κ1) is 12.0. The second-order valence-electron chi connectivity index (χ2n) is 4.94. The lowest BCUT2D eigenvalue weighted by molar-refractivity contribution is 0.237. The molecular formula is C13H20ClNO. The van der Waals surface area contributed by atoms with E-state index in [2.05, 4.69) is 12.2 Å². The van der Waals surface area contributed by atoms with Crippen molar-refractivity contribution >= 4 is 11.6 Å². The highest BCUT2D eigenvalue weighted by Gasteiger charge is 2.28. The maximum atomic E-state index is 6.05. The van der Waals surface area contributed by atoms with E-state index in [0.29, 0.717) is 17.2 Å². The van der Waals surface area contributed by atoms with Gasteiger partial charge in [0, 0.05) is 11.6 Å². The van der Waals surface area contributed by atoms with E-state index in [-0.39, 0.29) is 0 Å². The van der Waals surface area contributed by atoms with Crippen LogP contribution in [0.1, 0.15) is 44.2 Å². The Balaban J connectivity index is 2.08. The Kier molecular flexibility index (Phi) is 3.93. The number of nitrogens with one attached hydrogen (secondary N) is 1.